The van der Waals surface area contributed by atoms with Crippen molar-refractivity contribution in [1.82, 2.24) is 4.98 Å². The number of H-pyrrole nitrogens is 1. The number of hydrogen-bond acceptors (Lipinski definition) is 1. The first kappa shape index (κ1) is 10.3. The summed E-state index contributed by atoms with van der Waals surface area (Å²) in [6.45, 7) is 4.13. The maximum absolute atomic E-state index is 12.0. The molecule has 1 aliphatic rings. The van der Waals surface area contributed by atoms with Crippen molar-refractivity contribution in [3.63, 3.8) is 0 Å². The zero-order valence-corrected chi connectivity index (χ0v) is 10.0. The fourth-order valence-corrected chi connectivity index (χ4v) is 2.53. The summed E-state index contributed by atoms with van der Waals surface area (Å²) in [5, 5.41) is 0. The number of carbonyl (C=O) groups excluding carboxylic acids is 1. The van der Waals surface area contributed by atoms with Crippen LogP contribution >= 0.6 is 0 Å². The predicted molar refractivity (Wildman–Crippen MR) is 68.1 cm³/mol. The number of aromatic nitrogens is 1. The van der Waals surface area contributed by atoms with Crippen LogP contribution in [0.25, 0.3) is 11.3 Å². The minimum absolute atomic E-state index is 0.112. The summed E-state index contributed by atoms with van der Waals surface area (Å²) in [5.41, 5.74) is 4.16. The van der Waals surface area contributed by atoms with Crippen molar-refractivity contribution in [1.29, 1.82) is 0 Å². The lowest BCUT2D eigenvalue weighted by molar-refractivity contribution is 0.0932. The van der Waals surface area contributed by atoms with Crippen molar-refractivity contribution in [2.24, 2.45) is 5.92 Å². The second-order valence-electron chi connectivity index (χ2n) is 4.82. The van der Waals surface area contributed by atoms with Gasteiger partial charge >= 0.3 is 0 Å². The van der Waals surface area contributed by atoms with Gasteiger partial charge in [0.15, 0.2) is 5.78 Å². The molecule has 1 aliphatic carbocycles. The summed E-state index contributed by atoms with van der Waals surface area (Å²) in [4.78, 5) is 15.3. The van der Waals surface area contributed by atoms with Crippen LogP contribution in [0, 0.1) is 5.92 Å². The van der Waals surface area contributed by atoms with Crippen molar-refractivity contribution < 1.29 is 4.79 Å². The number of benzene rings is 1. The largest absolute Gasteiger partial charge is 0.352 e. The van der Waals surface area contributed by atoms with E-state index < -0.39 is 0 Å². The van der Waals surface area contributed by atoms with E-state index in [0.29, 0.717) is 5.92 Å². The summed E-state index contributed by atoms with van der Waals surface area (Å²) in [6, 6.07) is 12.2. The molecule has 0 spiro atoms. The maximum Gasteiger partial charge on any atom is 0.182 e. The molecule has 1 N–H and O–H groups in total. The highest BCUT2D eigenvalue weighted by Crippen LogP contribution is 2.39. The van der Waals surface area contributed by atoms with Gasteiger partial charge in [-0.3, -0.25) is 4.79 Å². The summed E-state index contributed by atoms with van der Waals surface area (Å²) >= 11 is 0. The van der Waals surface area contributed by atoms with E-state index >= 15 is 0 Å². The molecule has 2 atom stereocenters. The van der Waals surface area contributed by atoms with E-state index in [9.17, 15) is 4.79 Å². The molecule has 0 fully saturated rings. The average molecular weight is 225 g/mol. The molecule has 0 bridgehead atoms. The topological polar surface area (TPSA) is 32.9 Å². The molecule has 2 heteroatoms. The Morgan fingerprint density at radius 3 is 2.41 bits per heavy atom. The summed E-state index contributed by atoms with van der Waals surface area (Å²) in [5.74, 6) is 0.682. The molecule has 1 aromatic heterocycles. The number of ketones is 1. The number of Topliss-reactive ketones (excluding diaryl/α,β-unsaturated/α-hetero) is 1. The molecule has 0 radical (unpaired) electrons. The fraction of sp³-hybridized carbons (Fsp3) is 0.267. The van der Waals surface area contributed by atoms with E-state index in [1.54, 1.807) is 0 Å². The first-order chi connectivity index (χ1) is 8.18. The van der Waals surface area contributed by atoms with Gasteiger partial charge in [0.2, 0.25) is 0 Å². The number of carbonyl (C=O) groups is 1. The normalized spacial score (nSPS) is 22.8. The number of rotatable bonds is 1. The Bertz CT molecular complexity index is 568. The van der Waals surface area contributed by atoms with Crippen LogP contribution in [-0.4, -0.2) is 10.8 Å². The molecule has 2 aromatic rings. The third kappa shape index (κ3) is 1.44. The van der Waals surface area contributed by atoms with Gasteiger partial charge in [-0.2, -0.15) is 0 Å². The number of fused-ring (bicyclic) bond motifs is 1. The molecule has 3 rings (SSSR count). The number of aromatic amines is 1. The van der Waals surface area contributed by atoms with Gasteiger partial charge in [0.1, 0.15) is 0 Å². The van der Waals surface area contributed by atoms with E-state index in [4.69, 9.17) is 0 Å². The SMILES string of the molecule is C[C@H]1C(=O)c2[nH]c(-c3ccccc3)cc2[C@@H]1C. The van der Waals surface area contributed by atoms with Crippen molar-refractivity contribution in [2.45, 2.75) is 19.8 Å². The lowest BCUT2D eigenvalue weighted by Gasteiger charge is -2.07. The molecular formula is C15H15NO. The molecule has 0 saturated carbocycles. The first-order valence-corrected chi connectivity index (χ1v) is 6.01. The quantitative estimate of drug-likeness (QED) is 0.790. The average Bonchev–Trinajstić information content (AvgIpc) is 2.88. The van der Waals surface area contributed by atoms with Gasteiger partial charge in [-0.25, -0.2) is 0 Å². The standard InChI is InChI=1S/C15H15NO/c1-9-10(2)15(17)14-12(9)8-13(16-14)11-6-4-3-5-7-11/h3-10,16H,1-2H3/t9-,10-/m1/s1. The van der Waals surface area contributed by atoms with Crippen molar-refractivity contribution in [3.8, 4) is 11.3 Å². The highest BCUT2D eigenvalue weighted by atomic mass is 16.1. The van der Waals surface area contributed by atoms with Gasteiger partial charge in [0.05, 0.1) is 5.69 Å². The Morgan fingerprint density at radius 1 is 1.06 bits per heavy atom. The second kappa shape index (κ2) is 3.59. The molecule has 86 valence electrons. The zero-order chi connectivity index (χ0) is 12.0. The third-order valence-electron chi connectivity index (χ3n) is 3.83. The number of nitrogens with one attached hydrogen (secondary N) is 1. The Balaban J connectivity index is 2.09. The molecule has 0 amide bonds. The van der Waals surface area contributed by atoms with Crippen molar-refractivity contribution in [2.75, 3.05) is 0 Å². The van der Waals surface area contributed by atoms with Crippen LogP contribution < -0.4 is 0 Å². The van der Waals surface area contributed by atoms with Crippen LogP contribution in [0.15, 0.2) is 36.4 Å². The van der Waals surface area contributed by atoms with Crippen molar-refractivity contribution in [3.05, 3.63) is 47.7 Å². The lowest BCUT2D eigenvalue weighted by atomic mass is 9.96. The molecule has 17 heavy (non-hydrogen) atoms. The van der Waals surface area contributed by atoms with E-state index in [0.717, 1.165) is 17.0 Å². The fourth-order valence-electron chi connectivity index (χ4n) is 2.53. The number of hydrogen-bond donors (Lipinski definition) is 1. The van der Waals surface area contributed by atoms with Gasteiger partial charge in [-0.05, 0) is 23.1 Å². The molecular weight excluding hydrogens is 210 g/mol. The van der Waals surface area contributed by atoms with E-state index in [1.807, 2.05) is 25.1 Å². The summed E-state index contributed by atoms with van der Waals surface area (Å²) in [7, 11) is 0. The van der Waals surface area contributed by atoms with Crippen LogP contribution in [0.2, 0.25) is 0 Å². The Labute approximate surface area is 101 Å². The minimum Gasteiger partial charge on any atom is -0.352 e. The Hall–Kier alpha value is -1.83. The van der Waals surface area contributed by atoms with E-state index in [-0.39, 0.29) is 11.7 Å². The second-order valence-corrected chi connectivity index (χ2v) is 4.82. The lowest BCUT2D eigenvalue weighted by Crippen LogP contribution is -2.07. The third-order valence-corrected chi connectivity index (χ3v) is 3.83. The first-order valence-electron chi connectivity index (χ1n) is 6.01. The molecule has 0 aliphatic heterocycles. The highest BCUT2D eigenvalue weighted by molar-refractivity contribution is 6.02. The predicted octanol–water partition coefficient (Wildman–Crippen LogP) is 3.62. The van der Waals surface area contributed by atoms with E-state index in [1.165, 1.54) is 5.56 Å². The molecule has 2 nitrogen and oxygen atoms in total. The van der Waals surface area contributed by atoms with Gasteiger partial charge in [0, 0.05) is 11.6 Å². The van der Waals surface area contributed by atoms with Crippen LogP contribution in [0.4, 0.5) is 0 Å². The molecule has 0 saturated heterocycles. The maximum atomic E-state index is 12.0. The van der Waals surface area contributed by atoms with Crippen LogP contribution in [0.3, 0.4) is 0 Å². The van der Waals surface area contributed by atoms with Gasteiger partial charge < -0.3 is 4.98 Å². The zero-order valence-electron chi connectivity index (χ0n) is 10.0. The van der Waals surface area contributed by atoms with Crippen LogP contribution in [0.1, 0.15) is 35.8 Å². The van der Waals surface area contributed by atoms with Gasteiger partial charge in [0.25, 0.3) is 0 Å². The minimum atomic E-state index is 0.112. The van der Waals surface area contributed by atoms with E-state index in [2.05, 4.69) is 30.1 Å². The molecule has 0 unspecified atom stereocenters. The van der Waals surface area contributed by atoms with Crippen LogP contribution in [-0.2, 0) is 0 Å². The Kier molecular flexibility index (Phi) is 2.18. The van der Waals surface area contributed by atoms with Crippen molar-refractivity contribution >= 4 is 5.78 Å². The van der Waals surface area contributed by atoms with Gasteiger partial charge in [-0.1, -0.05) is 44.2 Å². The monoisotopic (exact) mass is 225 g/mol. The summed E-state index contributed by atoms with van der Waals surface area (Å²) in [6.07, 6.45) is 0. The highest BCUT2D eigenvalue weighted by Gasteiger charge is 2.35. The summed E-state index contributed by atoms with van der Waals surface area (Å²) < 4.78 is 0. The molecule has 1 aromatic carbocycles. The smallest absolute Gasteiger partial charge is 0.182 e. The molecule has 1 heterocycles. The van der Waals surface area contributed by atoms with Crippen LogP contribution in [0.5, 0.6) is 0 Å². The van der Waals surface area contributed by atoms with Gasteiger partial charge in [-0.15, -0.1) is 0 Å². The Morgan fingerprint density at radius 2 is 1.76 bits per heavy atom.